The third-order valence-electron chi connectivity index (χ3n) is 7.85. The Morgan fingerprint density at radius 2 is 1.13 bits per heavy atom. The molecule has 3 aromatic carbocycles. The molecule has 0 aliphatic rings. The molecular formula is C35H45F3O. The van der Waals surface area contributed by atoms with Gasteiger partial charge in [0.25, 0.3) is 0 Å². The van der Waals surface area contributed by atoms with Crippen LogP contribution in [0, 0.1) is 0 Å². The van der Waals surface area contributed by atoms with E-state index < -0.39 is 22.6 Å². The molecule has 4 heteroatoms. The number of alkyl halides is 3. The van der Waals surface area contributed by atoms with Gasteiger partial charge in [-0.05, 0) is 62.8 Å². The van der Waals surface area contributed by atoms with Crippen LogP contribution in [0.2, 0.25) is 0 Å². The van der Waals surface area contributed by atoms with E-state index in [1.54, 1.807) is 25.3 Å². The number of hydrogen-bond donors (Lipinski definition) is 0. The Hall–Kier alpha value is -2.75. The summed E-state index contributed by atoms with van der Waals surface area (Å²) in [5.41, 5.74) is 3.37. The van der Waals surface area contributed by atoms with Crippen molar-refractivity contribution in [2.24, 2.45) is 0 Å². The van der Waals surface area contributed by atoms with E-state index in [0.29, 0.717) is 17.0 Å². The lowest BCUT2D eigenvalue weighted by Gasteiger charge is -2.33. The third kappa shape index (κ3) is 6.70. The molecule has 0 bridgehead atoms. The van der Waals surface area contributed by atoms with Crippen LogP contribution in [-0.2, 0) is 35.3 Å². The normalized spacial score (nSPS) is 13.2. The van der Waals surface area contributed by atoms with Crippen molar-refractivity contribution in [3.8, 4) is 5.75 Å². The van der Waals surface area contributed by atoms with E-state index in [1.807, 2.05) is 46.8 Å². The van der Waals surface area contributed by atoms with Crippen LogP contribution < -0.4 is 4.74 Å². The summed E-state index contributed by atoms with van der Waals surface area (Å²) in [4.78, 5) is 0. The molecule has 0 atom stereocenters. The zero-order valence-electron chi connectivity index (χ0n) is 25.3. The van der Waals surface area contributed by atoms with E-state index in [9.17, 15) is 13.2 Å². The SMILES string of the molecule is COc1c(CC(C)(C)c2ccccc2C(C)C)cccc1C(C)(C)Cc1cccc(C(C)(C)C)c1C(F)(F)F. The van der Waals surface area contributed by atoms with Gasteiger partial charge in [-0.2, -0.15) is 13.2 Å². The van der Waals surface area contributed by atoms with Crippen LogP contribution in [0.15, 0.2) is 60.7 Å². The molecule has 0 aliphatic heterocycles. The van der Waals surface area contributed by atoms with Crippen molar-refractivity contribution in [3.63, 3.8) is 0 Å². The summed E-state index contributed by atoms with van der Waals surface area (Å²) in [6, 6.07) is 19.7. The molecular weight excluding hydrogens is 493 g/mol. The van der Waals surface area contributed by atoms with Gasteiger partial charge in [-0.15, -0.1) is 0 Å². The summed E-state index contributed by atoms with van der Waals surface area (Å²) in [6.45, 7) is 18.4. The van der Waals surface area contributed by atoms with Crippen LogP contribution in [0.1, 0.15) is 107 Å². The second-order valence-corrected chi connectivity index (χ2v) is 13.4. The third-order valence-corrected chi connectivity index (χ3v) is 7.85. The van der Waals surface area contributed by atoms with Crippen molar-refractivity contribution in [1.82, 2.24) is 0 Å². The van der Waals surface area contributed by atoms with Gasteiger partial charge in [-0.3, -0.25) is 0 Å². The van der Waals surface area contributed by atoms with Gasteiger partial charge in [0.2, 0.25) is 0 Å². The number of methoxy groups -OCH3 is 1. The lowest BCUT2D eigenvalue weighted by molar-refractivity contribution is -0.139. The van der Waals surface area contributed by atoms with Gasteiger partial charge in [0, 0.05) is 5.56 Å². The molecule has 0 N–H and O–H groups in total. The van der Waals surface area contributed by atoms with Gasteiger partial charge < -0.3 is 4.74 Å². The second-order valence-electron chi connectivity index (χ2n) is 13.4. The Morgan fingerprint density at radius 1 is 0.641 bits per heavy atom. The molecule has 0 fully saturated rings. The van der Waals surface area contributed by atoms with E-state index in [0.717, 1.165) is 23.3 Å². The minimum absolute atomic E-state index is 0.165. The average Bonchev–Trinajstić information content (AvgIpc) is 2.82. The molecule has 0 saturated heterocycles. The molecule has 0 aliphatic carbocycles. The maximum absolute atomic E-state index is 14.4. The molecule has 0 heterocycles. The summed E-state index contributed by atoms with van der Waals surface area (Å²) in [5, 5.41) is 0. The fraction of sp³-hybridized carbons (Fsp3) is 0.486. The van der Waals surface area contributed by atoms with Crippen LogP contribution >= 0.6 is 0 Å². The van der Waals surface area contributed by atoms with Gasteiger partial charge in [0.1, 0.15) is 5.75 Å². The van der Waals surface area contributed by atoms with Crippen LogP contribution in [0.3, 0.4) is 0 Å². The van der Waals surface area contributed by atoms with Gasteiger partial charge in [0.05, 0.1) is 12.7 Å². The first-order chi connectivity index (χ1) is 17.9. The molecule has 0 amide bonds. The number of para-hydroxylation sites is 1. The van der Waals surface area contributed by atoms with Gasteiger partial charge in [0.15, 0.2) is 0 Å². The van der Waals surface area contributed by atoms with Crippen molar-refractivity contribution in [3.05, 3.63) is 99.6 Å². The number of hydrogen-bond acceptors (Lipinski definition) is 1. The zero-order chi connectivity index (χ0) is 29.4. The molecule has 3 aromatic rings. The van der Waals surface area contributed by atoms with Crippen molar-refractivity contribution in [2.75, 3.05) is 7.11 Å². The number of ether oxygens (including phenoxy) is 1. The van der Waals surface area contributed by atoms with E-state index in [-0.39, 0.29) is 11.8 Å². The summed E-state index contributed by atoms with van der Waals surface area (Å²) in [5.74, 6) is 1.16. The summed E-state index contributed by atoms with van der Waals surface area (Å²) in [6.07, 6.45) is -3.45. The largest absolute Gasteiger partial charge is 0.496 e. The Bertz CT molecular complexity index is 1290. The number of halogens is 3. The van der Waals surface area contributed by atoms with Gasteiger partial charge >= 0.3 is 6.18 Å². The Balaban J connectivity index is 2.08. The smallest absolute Gasteiger partial charge is 0.416 e. The van der Waals surface area contributed by atoms with Gasteiger partial charge in [-0.1, -0.05) is 123 Å². The van der Waals surface area contributed by atoms with Crippen LogP contribution in [0.5, 0.6) is 5.75 Å². The highest BCUT2D eigenvalue weighted by atomic mass is 19.4. The van der Waals surface area contributed by atoms with Gasteiger partial charge in [-0.25, -0.2) is 0 Å². The van der Waals surface area contributed by atoms with E-state index >= 15 is 0 Å². The Kier molecular flexibility index (Phi) is 8.70. The summed E-state index contributed by atoms with van der Waals surface area (Å²) >= 11 is 0. The molecule has 0 radical (unpaired) electrons. The standard InChI is InChI=1S/C35H45F3O/c1-23(2)26-17-11-12-18-27(26)33(6,7)22-25-16-14-20-29(31(25)39-10)34(8,9)21-24-15-13-19-28(32(3,4)5)30(24)35(36,37)38/h11-20,23H,21-22H2,1-10H3. The first-order valence-electron chi connectivity index (χ1n) is 13.9. The lowest BCUT2D eigenvalue weighted by atomic mass is 9.72. The molecule has 0 unspecified atom stereocenters. The summed E-state index contributed by atoms with van der Waals surface area (Å²) in [7, 11) is 1.66. The predicted molar refractivity (Wildman–Crippen MR) is 157 cm³/mol. The fourth-order valence-corrected chi connectivity index (χ4v) is 5.96. The quantitative estimate of drug-likeness (QED) is 0.277. The first-order valence-corrected chi connectivity index (χ1v) is 13.9. The van der Waals surface area contributed by atoms with E-state index in [2.05, 4.69) is 58.0 Å². The van der Waals surface area contributed by atoms with Crippen molar-refractivity contribution in [1.29, 1.82) is 0 Å². The van der Waals surface area contributed by atoms with E-state index in [4.69, 9.17) is 4.74 Å². The highest BCUT2D eigenvalue weighted by Crippen LogP contribution is 2.44. The van der Waals surface area contributed by atoms with Crippen molar-refractivity contribution < 1.29 is 17.9 Å². The lowest BCUT2D eigenvalue weighted by Crippen LogP contribution is -2.27. The highest BCUT2D eigenvalue weighted by Gasteiger charge is 2.40. The minimum Gasteiger partial charge on any atom is -0.496 e. The van der Waals surface area contributed by atoms with E-state index in [1.165, 1.54) is 11.1 Å². The zero-order valence-corrected chi connectivity index (χ0v) is 25.3. The molecule has 3 rings (SSSR count). The topological polar surface area (TPSA) is 9.23 Å². The van der Waals surface area contributed by atoms with Crippen molar-refractivity contribution >= 4 is 0 Å². The Labute approximate surface area is 233 Å². The molecule has 212 valence electrons. The van der Waals surface area contributed by atoms with Crippen LogP contribution in [-0.4, -0.2) is 7.11 Å². The molecule has 0 aromatic heterocycles. The maximum Gasteiger partial charge on any atom is 0.416 e. The van der Waals surface area contributed by atoms with Crippen LogP contribution in [0.4, 0.5) is 13.2 Å². The van der Waals surface area contributed by atoms with Crippen molar-refractivity contribution in [2.45, 2.75) is 103 Å². The van der Waals surface area contributed by atoms with Crippen LogP contribution in [0.25, 0.3) is 0 Å². The molecule has 39 heavy (non-hydrogen) atoms. The molecule has 0 saturated carbocycles. The molecule has 0 spiro atoms. The average molecular weight is 539 g/mol. The minimum atomic E-state index is -4.44. The molecule has 1 nitrogen and oxygen atoms in total. The highest BCUT2D eigenvalue weighted by molar-refractivity contribution is 5.50. The predicted octanol–water partition coefficient (Wildman–Crippen LogP) is 10.2. The Morgan fingerprint density at radius 3 is 1.67 bits per heavy atom. The number of benzene rings is 3. The fourth-order valence-electron chi connectivity index (χ4n) is 5.96. The number of rotatable bonds is 8. The monoisotopic (exact) mass is 538 g/mol. The summed E-state index contributed by atoms with van der Waals surface area (Å²) < 4.78 is 49.3. The first kappa shape index (κ1) is 30.8. The second kappa shape index (κ2) is 11.0. The maximum atomic E-state index is 14.4.